The van der Waals surface area contributed by atoms with Crippen LogP contribution in [0.25, 0.3) is 0 Å². The predicted octanol–water partition coefficient (Wildman–Crippen LogP) is 1.12. The van der Waals surface area contributed by atoms with Crippen molar-refractivity contribution >= 4 is 34.9 Å². The molecule has 2 rings (SSSR count). The van der Waals surface area contributed by atoms with Crippen molar-refractivity contribution in [3.63, 3.8) is 0 Å². The molecule has 0 radical (unpaired) electrons. The van der Waals surface area contributed by atoms with Gasteiger partial charge in [-0.3, -0.25) is 9.59 Å². The molecule has 0 aliphatic carbocycles. The molecule has 0 bridgehead atoms. The smallest absolute Gasteiger partial charge is 0.329 e. The molecule has 0 aromatic heterocycles. The summed E-state index contributed by atoms with van der Waals surface area (Å²) in [5, 5.41) is 11.2. The summed E-state index contributed by atoms with van der Waals surface area (Å²) in [6.45, 7) is -0.916. The molecule has 0 saturated carbocycles. The highest BCUT2D eigenvalue weighted by Crippen LogP contribution is 2.29. The predicted molar refractivity (Wildman–Crippen MR) is 66.6 cm³/mol. The van der Waals surface area contributed by atoms with E-state index in [1.807, 2.05) is 0 Å². The summed E-state index contributed by atoms with van der Waals surface area (Å²) in [7, 11) is 0. The minimum atomic E-state index is -1.15. The monoisotopic (exact) mass is 283 g/mol. The van der Waals surface area contributed by atoms with Crippen molar-refractivity contribution in [1.82, 2.24) is 0 Å². The van der Waals surface area contributed by atoms with E-state index >= 15 is 0 Å². The quantitative estimate of drug-likeness (QED) is 0.790. The zero-order valence-electron chi connectivity index (χ0n) is 9.73. The number of benzene rings is 1. The van der Waals surface area contributed by atoms with Gasteiger partial charge in [0.25, 0.3) is 0 Å². The van der Waals surface area contributed by atoms with Crippen LogP contribution < -0.4 is 5.32 Å². The summed E-state index contributed by atoms with van der Waals surface area (Å²) in [4.78, 5) is 33.3. The van der Waals surface area contributed by atoms with Gasteiger partial charge >= 0.3 is 5.97 Å². The summed E-state index contributed by atoms with van der Waals surface area (Å²) >= 11 is 5.95. The first kappa shape index (κ1) is 13.5. The number of ether oxygens (including phenoxy) is 1. The Hall–Kier alpha value is -1.92. The number of fused-ring (bicyclic) bond motifs is 1. The van der Waals surface area contributed by atoms with Crippen molar-refractivity contribution < 1.29 is 24.2 Å². The van der Waals surface area contributed by atoms with E-state index in [1.165, 1.54) is 12.1 Å². The second kappa shape index (κ2) is 5.38. The second-order valence-electron chi connectivity index (χ2n) is 4.02. The van der Waals surface area contributed by atoms with Crippen LogP contribution in [0.15, 0.2) is 12.1 Å². The van der Waals surface area contributed by atoms with E-state index in [0.717, 1.165) is 0 Å². The number of ketones is 1. The van der Waals surface area contributed by atoms with Crippen molar-refractivity contribution in [2.24, 2.45) is 0 Å². The normalized spacial score (nSPS) is 13.0. The summed E-state index contributed by atoms with van der Waals surface area (Å²) < 4.78 is 4.72. The molecule has 0 saturated heterocycles. The third kappa shape index (κ3) is 3.10. The van der Waals surface area contributed by atoms with Gasteiger partial charge in [-0.05, 0) is 17.7 Å². The van der Waals surface area contributed by atoms with Crippen LogP contribution in [0.5, 0.6) is 0 Å². The zero-order chi connectivity index (χ0) is 14.0. The number of carbonyl (C=O) groups excluding carboxylic acids is 2. The van der Waals surface area contributed by atoms with Gasteiger partial charge in [0, 0.05) is 11.3 Å². The number of carboxylic acid groups (broad SMARTS) is 1. The Morgan fingerprint density at radius 1 is 1.37 bits per heavy atom. The molecule has 0 unspecified atom stereocenters. The van der Waals surface area contributed by atoms with E-state index in [0.29, 0.717) is 11.3 Å². The Morgan fingerprint density at radius 3 is 2.79 bits per heavy atom. The van der Waals surface area contributed by atoms with Crippen molar-refractivity contribution in [2.45, 2.75) is 6.42 Å². The third-order valence-electron chi connectivity index (χ3n) is 2.58. The van der Waals surface area contributed by atoms with Gasteiger partial charge in [0.2, 0.25) is 5.91 Å². The fraction of sp³-hybridized carbons (Fsp3) is 0.250. The Bertz CT molecular complexity index is 569. The third-order valence-corrected chi connectivity index (χ3v) is 2.89. The Labute approximate surface area is 113 Å². The maximum atomic E-state index is 11.8. The molecular weight excluding hydrogens is 274 g/mol. The Kier molecular flexibility index (Phi) is 3.82. The molecule has 7 heteroatoms. The van der Waals surface area contributed by atoms with E-state index in [4.69, 9.17) is 21.4 Å². The van der Waals surface area contributed by atoms with Crippen molar-refractivity contribution in [1.29, 1.82) is 0 Å². The topological polar surface area (TPSA) is 92.7 Å². The first-order chi connectivity index (χ1) is 8.97. The fourth-order valence-corrected chi connectivity index (χ4v) is 2.04. The van der Waals surface area contributed by atoms with Gasteiger partial charge in [0.15, 0.2) is 5.78 Å². The molecule has 19 heavy (non-hydrogen) atoms. The zero-order valence-corrected chi connectivity index (χ0v) is 10.5. The Morgan fingerprint density at radius 2 is 2.11 bits per heavy atom. The molecule has 0 fully saturated rings. The molecule has 100 valence electrons. The highest BCUT2D eigenvalue weighted by molar-refractivity contribution is 6.34. The van der Waals surface area contributed by atoms with Gasteiger partial charge in [-0.25, -0.2) is 4.79 Å². The molecule has 6 nitrogen and oxygen atoms in total. The summed E-state index contributed by atoms with van der Waals surface area (Å²) in [6, 6.07) is 3.04. The van der Waals surface area contributed by atoms with E-state index < -0.39 is 18.4 Å². The van der Waals surface area contributed by atoms with Crippen LogP contribution in [0.2, 0.25) is 5.02 Å². The molecular formula is C12H10ClNO5. The summed E-state index contributed by atoms with van der Waals surface area (Å²) in [5.41, 5.74) is 1.51. The molecule has 0 atom stereocenters. The lowest BCUT2D eigenvalue weighted by Gasteiger charge is -2.06. The molecule has 1 aliphatic rings. The number of hydrogen-bond donors (Lipinski definition) is 2. The number of carboxylic acids is 1. The largest absolute Gasteiger partial charge is 0.480 e. The number of anilines is 1. The summed E-state index contributed by atoms with van der Waals surface area (Å²) in [5.74, 6) is -1.73. The van der Waals surface area contributed by atoms with Gasteiger partial charge in [0.1, 0.15) is 13.2 Å². The van der Waals surface area contributed by atoms with Crippen LogP contribution in [0.4, 0.5) is 5.69 Å². The molecule has 1 aromatic carbocycles. The lowest BCUT2D eigenvalue weighted by molar-refractivity contribution is -0.141. The molecule has 1 aliphatic heterocycles. The summed E-state index contributed by atoms with van der Waals surface area (Å²) in [6.07, 6.45) is 0.197. The van der Waals surface area contributed by atoms with Crippen molar-refractivity contribution in [3.05, 3.63) is 28.3 Å². The van der Waals surface area contributed by atoms with E-state index in [-0.39, 0.29) is 29.5 Å². The minimum absolute atomic E-state index is 0.155. The maximum absolute atomic E-state index is 11.8. The molecule has 1 aromatic rings. The van der Waals surface area contributed by atoms with Gasteiger partial charge in [-0.2, -0.15) is 0 Å². The van der Waals surface area contributed by atoms with Crippen molar-refractivity contribution in [2.75, 3.05) is 18.5 Å². The van der Waals surface area contributed by atoms with Gasteiger partial charge < -0.3 is 15.2 Å². The standard InChI is InChI=1S/C12H10ClNO5/c13-8-3-9-6(2-11(16)14-9)1-7(8)10(15)4-19-5-12(17)18/h1,3H,2,4-5H2,(H,14,16)(H,17,18). The number of nitrogens with one attached hydrogen (secondary N) is 1. The fourth-order valence-electron chi connectivity index (χ4n) is 1.77. The number of aliphatic carboxylic acids is 1. The first-order valence-electron chi connectivity index (χ1n) is 5.42. The number of Topliss-reactive ketones (excluding diaryl/α,β-unsaturated/α-hetero) is 1. The SMILES string of the molecule is O=C(O)COCC(=O)c1cc2c(cc1Cl)NC(=O)C2. The average Bonchev–Trinajstić information content (AvgIpc) is 2.66. The maximum Gasteiger partial charge on any atom is 0.329 e. The van der Waals surface area contributed by atoms with Gasteiger partial charge in [0.05, 0.1) is 11.4 Å². The number of halogens is 1. The lowest BCUT2D eigenvalue weighted by atomic mass is 10.1. The minimum Gasteiger partial charge on any atom is -0.480 e. The van der Waals surface area contributed by atoms with Crippen LogP contribution in [-0.2, 0) is 20.7 Å². The van der Waals surface area contributed by atoms with Gasteiger partial charge in [-0.1, -0.05) is 11.6 Å². The number of amides is 1. The molecule has 1 amide bonds. The lowest BCUT2D eigenvalue weighted by Crippen LogP contribution is -2.14. The number of carbonyl (C=O) groups is 3. The molecule has 0 spiro atoms. The number of hydrogen-bond acceptors (Lipinski definition) is 4. The van der Waals surface area contributed by atoms with Crippen LogP contribution in [0.3, 0.4) is 0 Å². The van der Waals surface area contributed by atoms with Crippen LogP contribution >= 0.6 is 11.6 Å². The van der Waals surface area contributed by atoms with Crippen LogP contribution in [0, 0.1) is 0 Å². The highest BCUT2D eigenvalue weighted by atomic mass is 35.5. The van der Waals surface area contributed by atoms with Crippen LogP contribution in [-0.4, -0.2) is 36.0 Å². The number of rotatable bonds is 5. The molecule has 1 heterocycles. The highest BCUT2D eigenvalue weighted by Gasteiger charge is 2.22. The van der Waals surface area contributed by atoms with E-state index in [9.17, 15) is 14.4 Å². The van der Waals surface area contributed by atoms with Crippen molar-refractivity contribution in [3.8, 4) is 0 Å². The molecule has 2 N–H and O–H groups in total. The first-order valence-corrected chi connectivity index (χ1v) is 5.80. The van der Waals surface area contributed by atoms with Gasteiger partial charge in [-0.15, -0.1) is 0 Å². The average molecular weight is 284 g/mol. The van der Waals surface area contributed by atoms with E-state index in [1.54, 1.807) is 0 Å². The Balaban J connectivity index is 2.12. The van der Waals surface area contributed by atoms with Crippen LogP contribution in [0.1, 0.15) is 15.9 Å². The van der Waals surface area contributed by atoms with E-state index in [2.05, 4.69) is 5.32 Å². The second-order valence-corrected chi connectivity index (χ2v) is 4.43.